The molecule has 0 aromatic heterocycles. The quantitative estimate of drug-likeness (QED) is 0.795. The summed E-state index contributed by atoms with van der Waals surface area (Å²) in [6.45, 7) is 5.30. The third-order valence-corrected chi connectivity index (χ3v) is 5.43. The number of carbonyl (C=O) groups is 1. The standard InChI is InChI=1S/C18H23N3O4S/c1-12-11-25-18(22)21(12)14-4-6-20(7-5-14)17(26)19-13-2-3-15-16(10-13)24-9-8-23-15/h2-3,10,12,14H,4-9,11H2,1H3,(H,19,26). The minimum absolute atomic E-state index is 0.154. The summed E-state index contributed by atoms with van der Waals surface area (Å²) in [4.78, 5) is 15.9. The van der Waals surface area contributed by atoms with Crippen molar-refractivity contribution >= 4 is 29.1 Å². The van der Waals surface area contributed by atoms with Gasteiger partial charge in [-0.3, -0.25) is 4.90 Å². The number of fused-ring (bicyclic) bond motifs is 1. The number of amides is 1. The first-order chi connectivity index (χ1) is 12.6. The zero-order valence-electron chi connectivity index (χ0n) is 14.8. The fourth-order valence-corrected chi connectivity index (χ4v) is 4.01. The molecule has 7 nitrogen and oxygen atoms in total. The van der Waals surface area contributed by atoms with Gasteiger partial charge >= 0.3 is 6.09 Å². The van der Waals surface area contributed by atoms with Gasteiger partial charge in [-0.2, -0.15) is 0 Å². The van der Waals surface area contributed by atoms with Crippen LogP contribution in [-0.2, 0) is 4.74 Å². The number of carbonyl (C=O) groups excluding carboxylic acids is 1. The van der Waals surface area contributed by atoms with Gasteiger partial charge in [0.2, 0.25) is 0 Å². The molecule has 0 radical (unpaired) electrons. The van der Waals surface area contributed by atoms with E-state index in [1.807, 2.05) is 30.0 Å². The lowest BCUT2D eigenvalue weighted by molar-refractivity contribution is 0.125. The molecule has 0 spiro atoms. The molecule has 3 heterocycles. The number of rotatable bonds is 2. The molecule has 3 aliphatic heterocycles. The summed E-state index contributed by atoms with van der Waals surface area (Å²) in [5.74, 6) is 1.50. The van der Waals surface area contributed by atoms with Gasteiger partial charge in [-0.05, 0) is 44.1 Å². The highest BCUT2D eigenvalue weighted by atomic mass is 32.1. The van der Waals surface area contributed by atoms with Gasteiger partial charge in [0, 0.05) is 30.9 Å². The molecule has 2 saturated heterocycles. The second-order valence-electron chi connectivity index (χ2n) is 6.84. The molecule has 26 heavy (non-hydrogen) atoms. The highest BCUT2D eigenvalue weighted by molar-refractivity contribution is 7.80. The van der Waals surface area contributed by atoms with Crippen LogP contribution in [0.5, 0.6) is 11.5 Å². The number of thiocarbonyl (C=S) groups is 1. The Morgan fingerprint density at radius 1 is 1.15 bits per heavy atom. The molecule has 3 aliphatic rings. The topological polar surface area (TPSA) is 63.3 Å². The van der Waals surface area contributed by atoms with Crippen molar-refractivity contribution in [1.82, 2.24) is 9.80 Å². The van der Waals surface area contributed by atoms with Gasteiger partial charge in [0.15, 0.2) is 16.6 Å². The average molecular weight is 377 g/mol. The van der Waals surface area contributed by atoms with Crippen molar-refractivity contribution < 1.29 is 19.0 Å². The predicted molar refractivity (Wildman–Crippen MR) is 101 cm³/mol. The van der Waals surface area contributed by atoms with Crippen molar-refractivity contribution in [3.63, 3.8) is 0 Å². The molecule has 1 aromatic carbocycles. The minimum Gasteiger partial charge on any atom is -0.486 e. The average Bonchev–Trinajstić information content (AvgIpc) is 3.00. The minimum atomic E-state index is -0.187. The van der Waals surface area contributed by atoms with Crippen LogP contribution in [0.3, 0.4) is 0 Å². The fourth-order valence-electron chi connectivity index (χ4n) is 3.71. The molecule has 0 saturated carbocycles. The largest absolute Gasteiger partial charge is 0.486 e. The summed E-state index contributed by atoms with van der Waals surface area (Å²) in [6.07, 6.45) is 1.60. The number of hydrogen-bond donors (Lipinski definition) is 1. The Labute approximate surface area is 158 Å². The normalized spacial score (nSPS) is 23.0. The smallest absolute Gasteiger partial charge is 0.410 e. The molecule has 4 rings (SSSR count). The van der Waals surface area contributed by atoms with Gasteiger partial charge in [0.25, 0.3) is 0 Å². The molecule has 1 atom stereocenters. The van der Waals surface area contributed by atoms with E-state index in [-0.39, 0.29) is 18.2 Å². The number of anilines is 1. The van der Waals surface area contributed by atoms with Crippen LogP contribution >= 0.6 is 12.2 Å². The van der Waals surface area contributed by atoms with Crippen molar-refractivity contribution in [3.05, 3.63) is 18.2 Å². The lowest BCUT2D eigenvalue weighted by Gasteiger charge is -2.38. The zero-order valence-corrected chi connectivity index (χ0v) is 15.6. The third kappa shape index (κ3) is 3.38. The van der Waals surface area contributed by atoms with Crippen molar-refractivity contribution in [2.75, 3.05) is 38.2 Å². The fraction of sp³-hybridized carbons (Fsp3) is 0.556. The Kier molecular flexibility index (Phi) is 4.76. The van der Waals surface area contributed by atoms with E-state index in [4.69, 9.17) is 26.4 Å². The lowest BCUT2D eigenvalue weighted by Crippen LogP contribution is -2.49. The number of piperidine rings is 1. The van der Waals surface area contributed by atoms with Crippen LogP contribution in [0.2, 0.25) is 0 Å². The van der Waals surface area contributed by atoms with Gasteiger partial charge < -0.3 is 24.4 Å². The van der Waals surface area contributed by atoms with E-state index < -0.39 is 0 Å². The molecule has 0 aliphatic carbocycles. The molecule has 1 amide bonds. The molecule has 1 unspecified atom stereocenters. The number of ether oxygens (including phenoxy) is 3. The van der Waals surface area contributed by atoms with Crippen LogP contribution in [0.1, 0.15) is 19.8 Å². The highest BCUT2D eigenvalue weighted by Crippen LogP contribution is 2.33. The first-order valence-corrected chi connectivity index (χ1v) is 9.43. The molecule has 8 heteroatoms. The van der Waals surface area contributed by atoms with Crippen LogP contribution in [-0.4, -0.2) is 66.0 Å². The van der Waals surface area contributed by atoms with E-state index in [1.54, 1.807) is 0 Å². The van der Waals surface area contributed by atoms with Crippen LogP contribution in [0.4, 0.5) is 10.5 Å². The second kappa shape index (κ2) is 7.19. The van der Waals surface area contributed by atoms with Crippen LogP contribution in [0.25, 0.3) is 0 Å². The molecule has 1 aromatic rings. The Morgan fingerprint density at radius 2 is 1.88 bits per heavy atom. The number of nitrogens with zero attached hydrogens (tertiary/aromatic N) is 2. The highest BCUT2D eigenvalue weighted by Gasteiger charge is 2.37. The summed E-state index contributed by atoms with van der Waals surface area (Å²) in [5.41, 5.74) is 0.887. The van der Waals surface area contributed by atoms with Crippen LogP contribution in [0.15, 0.2) is 18.2 Å². The summed E-state index contributed by atoms with van der Waals surface area (Å²) < 4.78 is 16.3. The lowest BCUT2D eigenvalue weighted by atomic mass is 10.0. The van der Waals surface area contributed by atoms with Gasteiger partial charge in [0.05, 0.1) is 6.04 Å². The molecule has 2 fully saturated rings. The number of hydrogen-bond acceptors (Lipinski definition) is 5. The van der Waals surface area contributed by atoms with Gasteiger partial charge in [-0.25, -0.2) is 4.79 Å². The van der Waals surface area contributed by atoms with Crippen molar-refractivity contribution in [3.8, 4) is 11.5 Å². The first-order valence-electron chi connectivity index (χ1n) is 9.02. The number of nitrogens with one attached hydrogen (secondary N) is 1. The Hall–Kier alpha value is -2.22. The monoisotopic (exact) mass is 377 g/mol. The molecule has 1 N–H and O–H groups in total. The van der Waals surface area contributed by atoms with E-state index in [0.29, 0.717) is 24.9 Å². The van der Waals surface area contributed by atoms with E-state index in [9.17, 15) is 4.79 Å². The summed E-state index contributed by atoms with van der Waals surface area (Å²) in [7, 11) is 0. The van der Waals surface area contributed by atoms with Crippen molar-refractivity contribution in [2.24, 2.45) is 0 Å². The zero-order chi connectivity index (χ0) is 18.1. The van der Waals surface area contributed by atoms with Crippen molar-refractivity contribution in [1.29, 1.82) is 0 Å². The number of benzene rings is 1. The predicted octanol–water partition coefficient (Wildman–Crippen LogP) is 2.46. The van der Waals surface area contributed by atoms with Crippen molar-refractivity contribution in [2.45, 2.75) is 31.8 Å². The van der Waals surface area contributed by atoms with Crippen LogP contribution in [0, 0.1) is 0 Å². The number of likely N-dealkylation sites (tertiary alicyclic amines) is 1. The molecular weight excluding hydrogens is 354 g/mol. The SMILES string of the molecule is CC1COC(=O)N1C1CCN(C(=S)Nc2ccc3c(c2)OCCO3)CC1. The van der Waals surface area contributed by atoms with Gasteiger partial charge in [-0.1, -0.05) is 0 Å². The summed E-state index contributed by atoms with van der Waals surface area (Å²) >= 11 is 5.57. The Morgan fingerprint density at radius 3 is 2.58 bits per heavy atom. The first kappa shape index (κ1) is 17.2. The van der Waals surface area contributed by atoms with E-state index in [2.05, 4.69) is 10.2 Å². The summed E-state index contributed by atoms with van der Waals surface area (Å²) in [5, 5.41) is 3.97. The Balaban J connectivity index is 1.33. The van der Waals surface area contributed by atoms with Gasteiger partial charge in [0.1, 0.15) is 19.8 Å². The number of cyclic esters (lactones) is 1. The summed E-state index contributed by atoms with van der Waals surface area (Å²) in [6, 6.07) is 6.13. The maximum atomic E-state index is 11.9. The molecular formula is C18H23N3O4S. The van der Waals surface area contributed by atoms with E-state index >= 15 is 0 Å². The second-order valence-corrected chi connectivity index (χ2v) is 7.23. The Bertz CT molecular complexity index is 706. The van der Waals surface area contributed by atoms with Crippen LogP contribution < -0.4 is 14.8 Å². The van der Waals surface area contributed by atoms with Gasteiger partial charge in [-0.15, -0.1) is 0 Å². The third-order valence-electron chi connectivity index (χ3n) is 5.07. The maximum absolute atomic E-state index is 11.9. The van der Waals surface area contributed by atoms with E-state index in [1.165, 1.54) is 0 Å². The molecule has 140 valence electrons. The maximum Gasteiger partial charge on any atom is 0.410 e. The molecule has 0 bridgehead atoms. The van der Waals surface area contributed by atoms with E-state index in [0.717, 1.165) is 43.1 Å².